The first-order chi connectivity index (χ1) is 16.6. The fourth-order valence-corrected chi connectivity index (χ4v) is 4.61. The number of hydrogen-bond acceptors (Lipinski definition) is 6. The molecule has 0 N–H and O–H groups in total. The van der Waals surface area contributed by atoms with Gasteiger partial charge in [-0.2, -0.15) is 10.5 Å². The molecule has 0 spiro atoms. The van der Waals surface area contributed by atoms with Gasteiger partial charge in [-0.3, -0.25) is 4.79 Å². The minimum absolute atomic E-state index is 0.00769. The topological polar surface area (TPSA) is 99.7 Å². The Bertz CT molecular complexity index is 1470. The molecule has 0 radical (unpaired) electrons. The standard InChI is InChI=1S/C28H18N4O2/c29-17-23-24(18-30)32-27-26(31-23)21-13-7-8-14-22(21)28(27,15-19-9-3-1-4-10-19)16-25(33)34-20-11-5-2-6-12-20/h1-14H,15-16H2. The van der Waals surface area contributed by atoms with Gasteiger partial charge in [-0.05, 0) is 29.7 Å². The molecule has 6 nitrogen and oxygen atoms in total. The van der Waals surface area contributed by atoms with Crippen LogP contribution in [-0.4, -0.2) is 15.9 Å². The Kier molecular flexibility index (Phi) is 5.33. The van der Waals surface area contributed by atoms with E-state index in [4.69, 9.17) is 4.74 Å². The van der Waals surface area contributed by atoms with Crippen LogP contribution in [0.2, 0.25) is 0 Å². The Hall–Kier alpha value is -4.81. The summed E-state index contributed by atoms with van der Waals surface area (Å²) in [5.41, 5.74) is 2.72. The van der Waals surface area contributed by atoms with Gasteiger partial charge >= 0.3 is 5.97 Å². The third-order valence-corrected chi connectivity index (χ3v) is 6.03. The molecule has 0 saturated heterocycles. The fourth-order valence-electron chi connectivity index (χ4n) is 4.61. The van der Waals surface area contributed by atoms with Gasteiger partial charge in [-0.25, -0.2) is 9.97 Å². The number of nitriles is 2. The number of esters is 1. The molecule has 0 bridgehead atoms. The lowest BCUT2D eigenvalue weighted by molar-refractivity contribution is -0.135. The monoisotopic (exact) mass is 442 g/mol. The van der Waals surface area contributed by atoms with Crippen LogP contribution in [0.25, 0.3) is 11.3 Å². The van der Waals surface area contributed by atoms with Crippen molar-refractivity contribution in [2.45, 2.75) is 18.3 Å². The highest BCUT2D eigenvalue weighted by molar-refractivity contribution is 5.83. The lowest BCUT2D eigenvalue weighted by Crippen LogP contribution is -2.34. The van der Waals surface area contributed by atoms with E-state index in [-0.39, 0.29) is 17.8 Å². The largest absolute Gasteiger partial charge is 0.426 e. The minimum atomic E-state index is -0.911. The molecule has 3 aromatic carbocycles. The van der Waals surface area contributed by atoms with Crippen molar-refractivity contribution in [3.8, 4) is 29.1 Å². The maximum Gasteiger partial charge on any atom is 0.312 e. The van der Waals surface area contributed by atoms with Crippen molar-refractivity contribution in [2.24, 2.45) is 0 Å². The third kappa shape index (κ3) is 3.58. The number of fused-ring (bicyclic) bond motifs is 3. The van der Waals surface area contributed by atoms with Crippen molar-refractivity contribution in [3.63, 3.8) is 0 Å². The summed E-state index contributed by atoms with van der Waals surface area (Å²) in [5.74, 6) is 0.0342. The third-order valence-electron chi connectivity index (χ3n) is 6.03. The highest BCUT2D eigenvalue weighted by Crippen LogP contribution is 2.51. The highest BCUT2D eigenvalue weighted by Gasteiger charge is 2.48. The quantitative estimate of drug-likeness (QED) is 0.327. The number of hydrogen-bond donors (Lipinski definition) is 0. The zero-order chi connectivity index (χ0) is 23.5. The van der Waals surface area contributed by atoms with E-state index in [9.17, 15) is 15.3 Å². The summed E-state index contributed by atoms with van der Waals surface area (Å²) in [5, 5.41) is 19.2. The lowest BCUT2D eigenvalue weighted by Gasteiger charge is -2.30. The molecule has 1 aliphatic rings. The van der Waals surface area contributed by atoms with Crippen LogP contribution in [0, 0.1) is 22.7 Å². The Morgan fingerprint density at radius 2 is 1.44 bits per heavy atom. The van der Waals surface area contributed by atoms with E-state index in [1.807, 2.05) is 72.8 Å². The molecule has 4 aromatic rings. The predicted octanol–water partition coefficient (Wildman–Crippen LogP) is 4.72. The number of nitrogens with zero attached hydrogens (tertiary/aromatic N) is 4. The second-order valence-electron chi connectivity index (χ2n) is 8.10. The number of carbonyl (C=O) groups excluding carboxylic acids is 1. The predicted molar refractivity (Wildman–Crippen MR) is 125 cm³/mol. The summed E-state index contributed by atoms with van der Waals surface area (Å²) in [7, 11) is 0. The molecule has 1 aromatic heterocycles. The molecule has 5 rings (SSSR count). The van der Waals surface area contributed by atoms with Crippen LogP contribution >= 0.6 is 0 Å². The second-order valence-corrected chi connectivity index (χ2v) is 8.10. The average Bonchev–Trinajstić information content (AvgIpc) is 3.13. The van der Waals surface area contributed by atoms with Crippen LogP contribution in [0.1, 0.15) is 34.6 Å². The van der Waals surface area contributed by atoms with Crippen molar-refractivity contribution in [3.05, 3.63) is 113 Å². The van der Waals surface area contributed by atoms with E-state index < -0.39 is 11.4 Å². The fraction of sp³-hybridized carbons (Fsp3) is 0.107. The van der Waals surface area contributed by atoms with Crippen LogP contribution in [0.15, 0.2) is 84.9 Å². The first-order valence-electron chi connectivity index (χ1n) is 10.8. The first-order valence-corrected chi connectivity index (χ1v) is 10.8. The Morgan fingerprint density at radius 3 is 2.15 bits per heavy atom. The van der Waals surface area contributed by atoms with Gasteiger partial charge in [0.25, 0.3) is 0 Å². The molecule has 1 atom stereocenters. The van der Waals surface area contributed by atoms with E-state index >= 15 is 0 Å². The van der Waals surface area contributed by atoms with Crippen LogP contribution in [0.4, 0.5) is 0 Å². The molecular weight excluding hydrogens is 424 g/mol. The maximum atomic E-state index is 13.3. The van der Waals surface area contributed by atoms with Crippen molar-refractivity contribution in [2.75, 3.05) is 0 Å². The van der Waals surface area contributed by atoms with Gasteiger partial charge in [-0.15, -0.1) is 0 Å². The maximum absolute atomic E-state index is 13.3. The normalized spacial score (nSPS) is 15.5. The van der Waals surface area contributed by atoms with E-state index in [1.165, 1.54) is 0 Å². The molecule has 162 valence electrons. The lowest BCUT2D eigenvalue weighted by atomic mass is 9.73. The molecular formula is C28H18N4O2. The first kappa shape index (κ1) is 21.1. The summed E-state index contributed by atoms with van der Waals surface area (Å²) in [6.45, 7) is 0. The molecule has 0 fully saturated rings. The molecule has 1 unspecified atom stereocenters. The van der Waals surface area contributed by atoms with Gasteiger partial charge < -0.3 is 4.74 Å². The summed E-state index contributed by atoms with van der Waals surface area (Å²) in [6.07, 6.45) is 0.444. The van der Waals surface area contributed by atoms with Gasteiger partial charge in [-0.1, -0.05) is 72.8 Å². The number of rotatable bonds is 5. The van der Waals surface area contributed by atoms with Crippen LogP contribution in [-0.2, 0) is 16.6 Å². The molecule has 1 heterocycles. The van der Waals surface area contributed by atoms with E-state index in [0.29, 0.717) is 23.6 Å². The zero-order valence-electron chi connectivity index (χ0n) is 18.1. The van der Waals surface area contributed by atoms with Crippen molar-refractivity contribution >= 4 is 5.97 Å². The highest BCUT2D eigenvalue weighted by atomic mass is 16.5. The number of carbonyl (C=O) groups is 1. The smallest absolute Gasteiger partial charge is 0.312 e. The van der Waals surface area contributed by atoms with Crippen LogP contribution < -0.4 is 4.74 Å². The minimum Gasteiger partial charge on any atom is -0.426 e. The second kappa shape index (κ2) is 8.61. The molecule has 0 saturated carbocycles. The summed E-state index contributed by atoms with van der Waals surface area (Å²) >= 11 is 0. The Labute approximate surface area is 196 Å². The van der Waals surface area contributed by atoms with Gasteiger partial charge in [0, 0.05) is 5.56 Å². The SMILES string of the molecule is N#Cc1nc2c(nc1C#N)C(CC(=O)Oc1ccccc1)(Cc1ccccc1)c1ccccc1-2. The number of para-hydroxylation sites is 1. The van der Waals surface area contributed by atoms with E-state index in [1.54, 1.807) is 24.3 Å². The molecule has 6 heteroatoms. The van der Waals surface area contributed by atoms with Crippen molar-refractivity contribution in [1.82, 2.24) is 9.97 Å². The summed E-state index contributed by atoms with van der Waals surface area (Å²) in [6, 6.07) is 30.3. The number of aromatic nitrogens is 2. The van der Waals surface area contributed by atoms with Gasteiger partial charge in [0.2, 0.25) is 0 Å². The molecule has 0 amide bonds. The van der Waals surface area contributed by atoms with Crippen molar-refractivity contribution in [1.29, 1.82) is 10.5 Å². The van der Waals surface area contributed by atoms with Gasteiger partial charge in [0.15, 0.2) is 11.4 Å². The summed E-state index contributed by atoms with van der Waals surface area (Å²) < 4.78 is 5.67. The average molecular weight is 442 g/mol. The van der Waals surface area contributed by atoms with Crippen LogP contribution in [0.5, 0.6) is 5.75 Å². The molecule has 34 heavy (non-hydrogen) atoms. The molecule has 0 aliphatic heterocycles. The number of benzene rings is 3. The summed E-state index contributed by atoms with van der Waals surface area (Å²) in [4.78, 5) is 22.4. The van der Waals surface area contributed by atoms with E-state index in [2.05, 4.69) is 9.97 Å². The Morgan fingerprint density at radius 1 is 0.824 bits per heavy atom. The number of ether oxygens (including phenoxy) is 1. The van der Waals surface area contributed by atoms with Crippen LogP contribution in [0.3, 0.4) is 0 Å². The van der Waals surface area contributed by atoms with Crippen molar-refractivity contribution < 1.29 is 9.53 Å². The van der Waals surface area contributed by atoms with Gasteiger partial charge in [0.05, 0.1) is 23.2 Å². The molecule has 1 aliphatic carbocycles. The zero-order valence-corrected chi connectivity index (χ0v) is 18.1. The van der Waals surface area contributed by atoms with Gasteiger partial charge in [0.1, 0.15) is 17.9 Å². The Balaban J connectivity index is 1.70. The van der Waals surface area contributed by atoms with E-state index in [0.717, 1.165) is 16.7 Å².